The van der Waals surface area contributed by atoms with Gasteiger partial charge in [0, 0.05) is 31.3 Å². The van der Waals surface area contributed by atoms with Gasteiger partial charge in [-0.25, -0.2) is 0 Å². The molecule has 0 aromatic carbocycles. The molecule has 1 aliphatic rings. The molecule has 0 saturated carbocycles. The molecule has 0 radical (unpaired) electrons. The van der Waals surface area contributed by atoms with E-state index < -0.39 is 16.6 Å². The van der Waals surface area contributed by atoms with Crippen LogP contribution in [0, 0.1) is 16.7 Å². The fourth-order valence-electron chi connectivity index (χ4n) is 4.85. The summed E-state index contributed by atoms with van der Waals surface area (Å²) in [6.45, 7) is 20.0. The molecule has 2 amide bonds. The van der Waals surface area contributed by atoms with E-state index in [-0.39, 0.29) is 60.7 Å². The molecule has 0 aromatic heterocycles. The first-order valence-electron chi connectivity index (χ1n) is 13.2. The van der Waals surface area contributed by atoms with Crippen LogP contribution in [0.1, 0.15) is 108 Å². The van der Waals surface area contributed by atoms with Gasteiger partial charge in [-0.15, -0.1) is 0 Å². The Bertz CT molecular complexity index is 781. The second-order valence-electron chi connectivity index (χ2n) is 12.5. The minimum Gasteiger partial charge on any atom is -0.366 e. The Morgan fingerprint density at radius 2 is 1.63 bits per heavy atom. The van der Waals surface area contributed by atoms with Gasteiger partial charge in [0.15, 0.2) is 11.6 Å². The Morgan fingerprint density at radius 3 is 2.14 bits per heavy atom. The number of hydrogen-bond acceptors (Lipinski definition) is 6. The van der Waals surface area contributed by atoms with Gasteiger partial charge in [-0.3, -0.25) is 24.1 Å². The summed E-state index contributed by atoms with van der Waals surface area (Å²) in [6, 6.07) is 0. The van der Waals surface area contributed by atoms with E-state index in [4.69, 9.17) is 4.74 Å². The number of carbonyl (C=O) groups is 4. The number of carbonyl (C=O) groups excluding carboxylic acids is 4. The quantitative estimate of drug-likeness (QED) is 0.262. The average molecular weight is 495 g/mol. The number of unbranched alkanes of at least 4 members (excludes halogenated alkanes) is 1. The lowest BCUT2D eigenvalue weighted by atomic mass is 9.74. The highest BCUT2D eigenvalue weighted by atomic mass is 16.5. The molecule has 1 rings (SSSR count). The number of nitrogens with zero attached hydrogens (tertiary/aromatic N) is 1. The van der Waals surface area contributed by atoms with Crippen molar-refractivity contribution in [1.82, 2.24) is 10.2 Å². The van der Waals surface area contributed by atoms with Gasteiger partial charge in [0.25, 0.3) is 0 Å². The Kier molecular flexibility index (Phi) is 10.9. The number of imide groups is 1. The number of likely N-dealkylation sites (tertiary alicyclic amines) is 1. The largest absolute Gasteiger partial charge is 0.366 e. The van der Waals surface area contributed by atoms with Gasteiger partial charge in [-0.2, -0.15) is 0 Å². The van der Waals surface area contributed by atoms with Crippen molar-refractivity contribution in [2.75, 3.05) is 19.7 Å². The van der Waals surface area contributed by atoms with Gasteiger partial charge in [-0.05, 0) is 39.0 Å². The van der Waals surface area contributed by atoms with Crippen LogP contribution in [0.15, 0.2) is 0 Å². The van der Waals surface area contributed by atoms with Crippen molar-refractivity contribution in [2.24, 2.45) is 16.7 Å². The number of ketones is 2. The van der Waals surface area contributed by atoms with Crippen LogP contribution in [-0.4, -0.2) is 59.1 Å². The molecular formula is C28H50N2O5. The van der Waals surface area contributed by atoms with Gasteiger partial charge in [-0.1, -0.05) is 61.3 Å². The number of nitrogens with one attached hydrogen (secondary N) is 1. The van der Waals surface area contributed by atoms with Crippen molar-refractivity contribution in [3.8, 4) is 0 Å². The van der Waals surface area contributed by atoms with Gasteiger partial charge in [0.05, 0.1) is 18.1 Å². The summed E-state index contributed by atoms with van der Waals surface area (Å²) in [5, 5.41) is 3.28. The molecule has 0 spiro atoms. The lowest BCUT2D eigenvalue weighted by molar-refractivity contribution is -0.148. The van der Waals surface area contributed by atoms with Crippen LogP contribution >= 0.6 is 0 Å². The topological polar surface area (TPSA) is 92.8 Å². The predicted octanol–water partition coefficient (Wildman–Crippen LogP) is 4.71. The Balaban J connectivity index is 2.67. The standard InChI is InChI=1S/C28H50N2O5/c1-11-13-15-26(6,7)20-19-22(32)30(23(20)33)17-14-21(31)28(10,12-2)29-16-18-35-27(8,9)24(34)25(3,4)5/h20,29H,11-19H2,1-10H3. The second kappa shape index (κ2) is 12.1. The van der Waals surface area contributed by atoms with E-state index in [1.807, 2.05) is 34.6 Å². The first-order valence-corrected chi connectivity index (χ1v) is 13.2. The molecule has 0 aliphatic carbocycles. The monoisotopic (exact) mass is 494 g/mol. The first kappa shape index (κ1) is 31.4. The molecule has 35 heavy (non-hydrogen) atoms. The van der Waals surface area contributed by atoms with Crippen molar-refractivity contribution in [3.63, 3.8) is 0 Å². The van der Waals surface area contributed by atoms with Crippen molar-refractivity contribution in [2.45, 2.75) is 119 Å². The number of ether oxygens (including phenoxy) is 1. The van der Waals surface area contributed by atoms with E-state index in [0.717, 1.165) is 19.3 Å². The summed E-state index contributed by atoms with van der Waals surface area (Å²) in [4.78, 5) is 52.6. The van der Waals surface area contributed by atoms with Crippen molar-refractivity contribution in [3.05, 3.63) is 0 Å². The number of amides is 2. The summed E-state index contributed by atoms with van der Waals surface area (Å²) in [7, 11) is 0. The molecule has 202 valence electrons. The molecule has 1 fully saturated rings. The van der Waals surface area contributed by atoms with Crippen LogP contribution in [0.3, 0.4) is 0 Å². The molecule has 1 heterocycles. The minimum absolute atomic E-state index is 0.0236. The molecule has 2 atom stereocenters. The lowest BCUT2D eigenvalue weighted by Gasteiger charge is -2.32. The molecule has 0 bridgehead atoms. The summed E-state index contributed by atoms with van der Waals surface area (Å²) in [6.07, 6.45) is 3.88. The third-order valence-electron chi connectivity index (χ3n) is 7.56. The van der Waals surface area contributed by atoms with Crippen LogP contribution in [0.25, 0.3) is 0 Å². The average Bonchev–Trinajstić information content (AvgIpc) is 3.06. The maximum absolute atomic E-state index is 13.1. The van der Waals surface area contributed by atoms with E-state index in [9.17, 15) is 19.2 Å². The zero-order chi connectivity index (χ0) is 27.2. The van der Waals surface area contributed by atoms with Crippen molar-refractivity contribution >= 4 is 23.4 Å². The van der Waals surface area contributed by atoms with Crippen LogP contribution in [0.5, 0.6) is 0 Å². The van der Waals surface area contributed by atoms with Gasteiger partial charge >= 0.3 is 0 Å². The van der Waals surface area contributed by atoms with Gasteiger partial charge < -0.3 is 10.1 Å². The molecule has 1 saturated heterocycles. The minimum atomic E-state index is -0.912. The zero-order valence-corrected chi connectivity index (χ0v) is 23.9. The van der Waals surface area contributed by atoms with Crippen LogP contribution in [0.2, 0.25) is 0 Å². The fourth-order valence-corrected chi connectivity index (χ4v) is 4.85. The second-order valence-corrected chi connectivity index (χ2v) is 12.5. The molecule has 2 unspecified atom stereocenters. The highest BCUT2D eigenvalue weighted by Gasteiger charge is 2.46. The van der Waals surface area contributed by atoms with E-state index in [1.165, 1.54) is 4.90 Å². The SMILES string of the molecule is CCCCC(C)(C)C1CC(=O)N(CCC(=O)C(C)(CC)NCCOC(C)(C)C(=O)C(C)(C)C)C1=O. The first-order chi connectivity index (χ1) is 15.9. The fraction of sp³-hybridized carbons (Fsp3) is 0.857. The van der Waals surface area contributed by atoms with E-state index >= 15 is 0 Å². The third kappa shape index (κ3) is 8.21. The predicted molar refractivity (Wildman–Crippen MR) is 139 cm³/mol. The Labute approximate surface area is 213 Å². The van der Waals surface area contributed by atoms with Crippen molar-refractivity contribution < 1.29 is 23.9 Å². The lowest BCUT2D eigenvalue weighted by Crippen LogP contribution is -2.52. The zero-order valence-electron chi connectivity index (χ0n) is 23.9. The third-order valence-corrected chi connectivity index (χ3v) is 7.56. The highest BCUT2D eigenvalue weighted by molar-refractivity contribution is 6.04. The Morgan fingerprint density at radius 1 is 1.03 bits per heavy atom. The van der Waals surface area contributed by atoms with Gasteiger partial charge in [0.2, 0.25) is 11.8 Å². The maximum Gasteiger partial charge on any atom is 0.233 e. The van der Waals surface area contributed by atoms with Crippen LogP contribution < -0.4 is 5.32 Å². The number of rotatable bonds is 15. The van der Waals surface area contributed by atoms with Gasteiger partial charge in [0.1, 0.15) is 5.60 Å². The summed E-state index contributed by atoms with van der Waals surface area (Å²) in [5.41, 5.74) is -2.44. The molecule has 1 N–H and O–H groups in total. The summed E-state index contributed by atoms with van der Waals surface area (Å²) < 4.78 is 5.86. The molecule has 7 heteroatoms. The van der Waals surface area contributed by atoms with E-state index in [1.54, 1.807) is 13.8 Å². The number of hydrogen-bond donors (Lipinski definition) is 1. The normalized spacial score (nSPS) is 19.3. The summed E-state index contributed by atoms with van der Waals surface area (Å²) in [5.74, 6) is -0.657. The van der Waals surface area contributed by atoms with Crippen LogP contribution in [-0.2, 0) is 23.9 Å². The van der Waals surface area contributed by atoms with E-state index in [0.29, 0.717) is 13.0 Å². The Hall–Kier alpha value is -1.60. The van der Waals surface area contributed by atoms with E-state index in [2.05, 4.69) is 26.1 Å². The molecule has 7 nitrogen and oxygen atoms in total. The van der Waals surface area contributed by atoms with Crippen LogP contribution in [0.4, 0.5) is 0 Å². The smallest absolute Gasteiger partial charge is 0.233 e. The molecular weight excluding hydrogens is 444 g/mol. The highest BCUT2D eigenvalue weighted by Crippen LogP contribution is 2.39. The summed E-state index contributed by atoms with van der Waals surface area (Å²) >= 11 is 0. The number of Topliss-reactive ketones (excluding diaryl/α,β-unsaturated/α-hetero) is 2. The molecule has 0 aromatic rings. The maximum atomic E-state index is 13.1. The van der Waals surface area contributed by atoms with Crippen molar-refractivity contribution in [1.29, 1.82) is 0 Å². The molecule has 1 aliphatic heterocycles.